The number of hydrogen-bond donors (Lipinski definition) is 0. The number of likely N-dealkylation sites (tertiary alicyclic amines) is 1. The lowest BCUT2D eigenvalue weighted by atomic mass is 9.67. The number of rotatable bonds is 10. The van der Waals surface area contributed by atoms with Gasteiger partial charge in [0.1, 0.15) is 11.5 Å². The minimum absolute atomic E-state index is 0.0775. The van der Waals surface area contributed by atoms with Crippen molar-refractivity contribution in [1.82, 2.24) is 4.90 Å². The number of benzene rings is 2. The van der Waals surface area contributed by atoms with E-state index in [1.165, 1.54) is 0 Å². The number of nitrogens with zero attached hydrogens (tertiary/aromatic N) is 1. The third kappa shape index (κ3) is 6.91. The van der Waals surface area contributed by atoms with E-state index >= 15 is 0 Å². The molecule has 0 spiro atoms. The van der Waals surface area contributed by atoms with Gasteiger partial charge < -0.3 is 23.8 Å². The Hall–Kier alpha value is -3.55. The number of carbonyl (C=O) groups excluding carboxylic acids is 3. The molecule has 1 aliphatic rings. The zero-order valence-electron chi connectivity index (χ0n) is 24.3. The minimum atomic E-state index is -0.398. The highest BCUT2D eigenvalue weighted by atomic mass is 16.6. The Morgan fingerprint density at radius 2 is 1.08 bits per heavy atom. The summed E-state index contributed by atoms with van der Waals surface area (Å²) < 4.78 is 21.7. The predicted molar refractivity (Wildman–Crippen MR) is 148 cm³/mol. The van der Waals surface area contributed by atoms with Crippen LogP contribution in [0.3, 0.4) is 0 Å². The SMILES string of the molecule is CCOC(=O)COc1c(C)cc(C2(c3cc(C)c(OCC(=O)OCC)c(C)c3)CCN(C(C)=O)CC2)cc1C. The van der Waals surface area contributed by atoms with Crippen LogP contribution in [0.5, 0.6) is 11.5 Å². The number of ether oxygens (including phenoxy) is 4. The average molecular weight is 540 g/mol. The second kappa shape index (κ2) is 13.0. The van der Waals surface area contributed by atoms with Gasteiger partial charge in [0, 0.05) is 25.4 Å². The van der Waals surface area contributed by atoms with Crippen LogP contribution < -0.4 is 9.47 Å². The molecule has 8 heteroatoms. The zero-order valence-corrected chi connectivity index (χ0v) is 24.3. The Labute approximate surface area is 231 Å². The molecule has 8 nitrogen and oxygen atoms in total. The number of esters is 2. The van der Waals surface area contributed by atoms with Gasteiger partial charge in [-0.05, 0) is 87.8 Å². The van der Waals surface area contributed by atoms with Crippen LogP contribution in [0.2, 0.25) is 0 Å². The van der Waals surface area contributed by atoms with Crippen molar-refractivity contribution < 1.29 is 33.3 Å². The molecule has 2 aromatic rings. The Morgan fingerprint density at radius 1 is 0.718 bits per heavy atom. The second-order valence-electron chi connectivity index (χ2n) is 10.2. The van der Waals surface area contributed by atoms with Gasteiger partial charge in [-0.1, -0.05) is 24.3 Å². The standard InChI is InChI=1S/C31H41NO7/c1-8-36-27(34)18-38-29-20(3)14-25(15-21(29)4)31(10-12-32(13-11-31)24(7)33)26-16-22(5)30(23(6)17-26)39-19-28(35)37-9-2/h14-17H,8-13,18-19H2,1-7H3. The molecule has 0 saturated carbocycles. The van der Waals surface area contributed by atoms with Gasteiger partial charge in [0.25, 0.3) is 0 Å². The molecular formula is C31H41NO7. The van der Waals surface area contributed by atoms with Gasteiger partial charge in [-0.15, -0.1) is 0 Å². The summed E-state index contributed by atoms with van der Waals surface area (Å²) >= 11 is 0. The molecular weight excluding hydrogens is 498 g/mol. The molecule has 39 heavy (non-hydrogen) atoms. The topological polar surface area (TPSA) is 91.4 Å². The maximum Gasteiger partial charge on any atom is 0.344 e. The lowest BCUT2D eigenvalue weighted by Gasteiger charge is -2.43. The van der Waals surface area contributed by atoms with E-state index in [1.807, 2.05) is 32.6 Å². The van der Waals surface area contributed by atoms with Gasteiger partial charge in [0.05, 0.1) is 13.2 Å². The van der Waals surface area contributed by atoms with E-state index in [9.17, 15) is 14.4 Å². The van der Waals surface area contributed by atoms with E-state index in [4.69, 9.17) is 18.9 Å². The first-order valence-corrected chi connectivity index (χ1v) is 13.6. The quantitative estimate of drug-likeness (QED) is 0.403. The number of piperidine rings is 1. The van der Waals surface area contributed by atoms with Gasteiger partial charge in [0.2, 0.25) is 5.91 Å². The lowest BCUT2D eigenvalue weighted by molar-refractivity contribution is -0.146. The molecule has 0 radical (unpaired) electrons. The van der Waals surface area contributed by atoms with Crippen molar-refractivity contribution in [1.29, 1.82) is 0 Å². The summed E-state index contributed by atoms with van der Waals surface area (Å²) in [6.45, 7) is 14.7. The van der Waals surface area contributed by atoms with Gasteiger partial charge in [-0.2, -0.15) is 0 Å². The molecule has 2 aromatic carbocycles. The summed E-state index contributed by atoms with van der Waals surface area (Å²) in [5.41, 5.74) is 5.69. The van der Waals surface area contributed by atoms with Crippen LogP contribution in [0.15, 0.2) is 24.3 Å². The molecule has 1 saturated heterocycles. The summed E-state index contributed by atoms with van der Waals surface area (Å²) in [7, 11) is 0. The van der Waals surface area contributed by atoms with E-state index in [1.54, 1.807) is 20.8 Å². The first-order valence-electron chi connectivity index (χ1n) is 13.6. The predicted octanol–water partition coefficient (Wildman–Crippen LogP) is 4.73. The Bertz CT molecular complexity index is 1090. The highest BCUT2D eigenvalue weighted by Crippen LogP contribution is 2.45. The largest absolute Gasteiger partial charge is 0.481 e. The van der Waals surface area contributed by atoms with Crippen LogP contribution in [0.25, 0.3) is 0 Å². The molecule has 1 fully saturated rings. The molecule has 0 aliphatic carbocycles. The molecule has 0 atom stereocenters. The van der Waals surface area contributed by atoms with Gasteiger partial charge in [-0.25, -0.2) is 9.59 Å². The molecule has 3 rings (SSSR count). The van der Waals surface area contributed by atoms with Crippen LogP contribution >= 0.6 is 0 Å². The summed E-state index contributed by atoms with van der Waals surface area (Å²) in [5, 5.41) is 0. The van der Waals surface area contributed by atoms with Crippen molar-refractivity contribution in [2.75, 3.05) is 39.5 Å². The van der Waals surface area contributed by atoms with E-state index in [-0.39, 0.29) is 24.5 Å². The lowest BCUT2D eigenvalue weighted by Crippen LogP contribution is -2.45. The van der Waals surface area contributed by atoms with Crippen molar-refractivity contribution in [3.05, 3.63) is 57.6 Å². The molecule has 1 amide bonds. The fraction of sp³-hybridized carbons (Fsp3) is 0.516. The minimum Gasteiger partial charge on any atom is -0.481 e. The van der Waals surface area contributed by atoms with Crippen LogP contribution in [0.1, 0.15) is 67.0 Å². The van der Waals surface area contributed by atoms with Gasteiger partial charge >= 0.3 is 11.9 Å². The second-order valence-corrected chi connectivity index (χ2v) is 10.2. The van der Waals surface area contributed by atoms with Crippen LogP contribution in [-0.4, -0.2) is 62.3 Å². The smallest absolute Gasteiger partial charge is 0.344 e. The number of aryl methyl sites for hydroxylation is 4. The third-order valence-corrected chi connectivity index (χ3v) is 7.37. The number of hydrogen-bond acceptors (Lipinski definition) is 7. The van der Waals surface area contributed by atoms with Crippen molar-refractivity contribution in [3.8, 4) is 11.5 Å². The van der Waals surface area contributed by atoms with E-state index in [2.05, 4.69) is 24.3 Å². The Morgan fingerprint density at radius 3 is 1.38 bits per heavy atom. The van der Waals surface area contributed by atoms with Crippen LogP contribution in [0.4, 0.5) is 0 Å². The van der Waals surface area contributed by atoms with E-state index < -0.39 is 11.9 Å². The summed E-state index contributed by atoms with van der Waals surface area (Å²) in [6, 6.07) is 8.53. The molecule has 0 bridgehead atoms. The molecule has 1 heterocycles. The third-order valence-electron chi connectivity index (χ3n) is 7.37. The summed E-state index contributed by atoms with van der Waals surface area (Å²) in [6.07, 6.45) is 1.52. The van der Waals surface area contributed by atoms with Crippen molar-refractivity contribution in [2.45, 2.75) is 66.7 Å². The summed E-state index contributed by atoms with van der Waals surface area (Å²) in [4.78, 5) is 37.8. The summed E-state index contributed by atoms with van der Waals surface area (Å²) in [5.74, 6) is 0.638. The highest BCUT2D eigenvalue weighted by molar-refractivity contribution is 5.73. The fourth-order valence-electron chi connectivity index (χ4n) is 5.52. The first-order chi connectivity index (χ1) is 18.5. The molecule has 1 aliphatic heterocycles. The monoisotopic (exact) mass is 539 g/mol. The maximum absolute atomic E-state index is 12.2. The average Bonchev–Trinajstić information content (AvgIpc) is 2.87. The normalized spacial score (nSPS) is 14.5. The van der Waals surface area contributed by atoms with Crippen LogP contribution in [0, 0.1) is 27.7 Å². The highest BCUT2D eigenvalue weighted by Gasteiger charge is 2.39. The molecule has 0 aromatic heterocycles. The van der Waals surface area contributed by atoms with E-state index in [0.717, 1.165) is 46.2 Å². The zero-order chi connectivity index (χ0) is 28.7. The van der Waals surface area contributed by atoms with Gasteiger partial charge in [-0.3, -0.25) is 4.79 Å². The Kier molecular flexibility index (Phi) is 10.0. The fourth-order valence-corrected chi connectivity index (χ4v) is 5.52. The number of carbonyl (C=O) groups is 3. The van der Waals surface area contributed by atoms with E-state index in [0.29, 0.717) is 37.8 Å². The van der Waals surface area contributed by atoms with Gasteiger partial charge in [0.15, 0.2) is 13.2 Å². The molecule has 0 unspecified atom stereocenters. The number of amides is 1. The van der Waals surface area contributed by atoms with Crippen molar-refractivity contribution in [2.24, 2.45) is 0 Å². The maximum atomic E-state index is 12.2. The van der Waals surface area contributed by atoms with Crippen molar-refractivity contribution >= 4 is 17.8 Å². The first kappa shape index (κ1) is 30.0. The van der Waals surface area contributed by atoms with Crippen molar-refractivity contribution in [3.63, 3.8) is 0 Å². The molecule has 212 valence electrons. The van der Waals surface area contributed by atoms with Crippen LogP contribution in [-0.2, 0) is 29.3 Å². The Balaban J connectivity index is 2.01. The molecule has 0 N–H and O–H groups in total.